The number of carboxylic acids is 1. The first kappa shape index (κ1) is 17.7. The molecule has 0 spiro atoms. The van der Waals surface area contributed by atoms with Gasteiger partial charge in [-0.1, -0.05) is 17.3 Å². The van der Waals surface area contributed by atoms with E-state index in [2.05, 4.69) is 5.16 Å². The molecule has 1 fully saturated rings. The van der Waals surface area contributed by atoms with Gasteiger partial charge in [0.15, 0.2) is 5.58 Å². The molecule has 7 nitrogen and oxygen atoms in total. The minimum Gasteiger partial charge on any atom is -0.480 e. The molecule has 0 aliphatic carbocycles. The first-order valence-corrected chi connectivity index (χ1v) is 8.86. The maximum Gasteiger partial charge on any atom is 0.405 e. The number of nitrogens with zero attached hydrogens (tertiary/aromatic N) is 2. The maximum atomic E-state index is 13.2. The van der Waals surface area contributed by atoms with Crippen LogP contribution in [-0.4, -0.2) is 47.2 Å². The van der Waals surface area contributed by atoms with E-state index in [1.54, 1.807) is 12.1 Å². The number of sulfonamides is 1. The first-order valence-electron chi connectivity index (χ1n) is 7.25. The van der Waals surface area contributed by atoms with Crippen LogP contribution < -0.4 is 0 Å². The van der Waals surface area contributed by atoms with Gasteiger partial charge in [0.25, 0.3) is 0 Å². The van der Waals surface area contributed by atoms with Crippen LogP contribution >= 0.6 is 0 Å². The summed E-state index contributed by atoms with van der Waals surface area (Å²) in [5, 5.41) is 13.1. The molecule has 1 aromatic carbocycles. The van der Waals surface area contributed by atoms with E-state index in [1.165, 1.54) is 12.1 Å². The highest BCUT2D eigenvalue weighted by atomic mass is 32.2. The van der Waals surface area contributed by atoms with Gasteiger partial charge in [0.05, 0.1) is 0 Å². The highest BCUT2D eigenvalue weighted by Crippen LogP contribution is 2.39. The molecule has 136 valence electrons. The van der Waals surface area contributed by atoms with Crippen LogP contribution in [0.15, 0.2) is 28.8 Å². The van der Waals surface area contributed by atoms with E-state index in [4.69, 9.17) is 9.63 Å². The predicted molar refractivity (Wildman–Crippen MR) is 79.0 cm³/mol. The zero-order chi connectivity index (χ0) is 18.4. The molecule has 3 rings (SSSR count). The van der Waals surface area contributed by atoms with Gasteiger partial charge in [-0.25, -0.2) is 8.42 Å². The second kappa shape index (κ2) is 5.99. The third-order valence-corrected chi connectivity index (χ3v) is 5.87. The van der Waals surface area contributed by atoms with Gasteiger partial charge in [-0.3, -0.25) is 4.79 Å². The summed E-state index contributed by atoms with van der Waals surface area (Å²) in [5.74, 6) is -2.49. The van der Waals surface area contributed by atoms with Crippen molar-refractivity contribution in [1.29, 1.82) is 0 Å². The quantitative estimate of drug-likeness (QED) is 0.875. The Labute approximate surface area is 140 Å². The maximum absolute atomic E-state index is 13.2. The molecule has 0 amide bonds. The number of benzene rings is 1. The van der Waals surface area contributed by atoms with Crippen molar-refractivity contribution < 1.29 is 36.0 Å². The summed E-state index contributed by atoms with van der Waals surface area (Å²) in [6.07, 6.45) is -5.86. The zero-order valence-electron chi connectivity index (χ0n) is 12.6. The van der Waals surface area contributed by atoms with Crippen molar-refractivity contribution in [2.45, 2.75) is 36.9 Å². The van der Waals surface area contributed by atoms with E-state index < -0.39 is 52.8 Å². The van der Waals surface area contributed by atoms with E-state index in [0.29, 0.717) is 5.39 Å². The number of rotatable bonds is 4. The SMILES string of the molecule is O=C(O)C1CCC(C(F)(F)F)N1S(=O)(=O)Cc1noc2ccccc12. The molecule has 0 radical (unpaired) electrons. The molecule has 1 aliphatic heterocycles. The van der Waals surface area contributed by atoms with Crippen LogP contribution in [0.4, 0.5) is 13.2 Å². The van der Waals surface area contributed by atoms with Crippen LogP contribution in [0.2, 0.25) is 0 Å². The highest BCUT2D eigenvalue weighted by molar-refractivity contribution is 7.88. The molecule has 0 saturated carbocycles. The molecular formula is C14H13F3N2O5S. The van der Waals surface area contributed by atoms with Crippen LogP contribution in [0.5, 0.6) is 0 Å². The van der Waals surface area contributed by atoms with Crippen molar-refractivity contribution in [1.82, 2.24) is 9.46 Å². The smallest absolute Gasteiger partial charge is 0.405 e. The number of hydrogen-bond acceptors (Lipinski definition) is 5. The number of aliphatic carboxylic acids is 1. The number of alkyl halides is 3. The highest BCUT2D eigenvalue weighted by Gasteiger charge is 2.56. The van der Waals surface area contributed by atoms with Gasteiger partial charge >= 0.3 is 12.1 Å². The number of carboxylic acid groups (broad SMARTS) is 1. The van der Waals surface area contributed by atoms with Crippen LogP contribution in [0.25, 0.3) is 11.0 Å². The molecule has 2 aromatic rings. The van der Waals surface area contributed by atoms with E-state index >= 15 is 0 Å². The minimum absolute atomic E-state index is 0.0544. The van der Waals surface area contributed by atoms with E-state index in [-0.39, 0.29) is 15.6 Å². The summed E-state index contributed by atoms with van der Waals surface area (Å²) in [6, 6.07) is 2.17. The summed E-state index contributed by atoms with van der Waals surface area (Å²) in [4.78, 5) is 11.2. The molecule has 1 N–H and O–H groups in total. The van der Waals surface area contributed by atoms with E-state index in [9.17, 15) is 26.4 Å². The van der Waals surface area contributed by atoms with Gasteiger partial charge in [0.2, 0.25) is 10.0 Å². The summed E-state index contributed by atoms with van der Waals surface area (Å²) in [7, 11) is -4.59. The van der Waals surface area contributed by atoms with Crippen molar-refractivity contribution in [3.63, 3.8) is 0 Å². The predicted octanol–water partition coefficient (Wildman–Crippen LogP) is 2.14. The summed E-state index contributed by atoms with van der Waals surface area (Å²) >= 11 is 0. The molecule has 1 saturated heterocycles. The third kappa shape index (κ3) is 3.21. The van der Waals surface area contributed by atoms with Crippen LogP contribution in [0.1, 0.15) is 18.5 Å². The second-order valence-corrected chi connectivity index (χ2v) is 7.57. The van der Waals surface area contributed by atoms with Gasteiger partial charge in [0.1, 0.15) is 23.5 Å². The van der Waals surface area contributed by atoms with E-state index in [0.717, 1.165) is 0 Å². The third-order valence-electron chi connectivity index (χ3n) is 4.08. The number of hydrogen-bond donors (Lipinski definition) is 1. The Morgan fingerprint density at radius 2 is 2.00 bits per heavy atom. The number of carbonyl (C=O) groups is 1. The van der Waals surface area contributed by atoms with Crippen molar-refractivity contribution in [3.8, 4) is 0 Å². The molecule has 0 bridgehead atoms. The molecule has 2 atom stereocenters. The van der Waals surface area contributed by atoms with Crippen molar-refractivity contribution in [3.05, 3.63) is 30.0 Å². The van der Waals surface area contributed by atoms with E-state index in [1.807, 2.05) is 0 Å². The van der Waals surface area contributed by atoms with Crippen LogP contribution in [-0.2, 0) is 20.6 Å². The second-order valence-electron chi connectivity index (χ2n) is 5.70. The lowest BCUT2D eigenvalue weighted by Crippen LogP contribution is -2.50. The number of aromatic nitrogens is 1. The Balaban J connectivity index is 1.99. The van der Waals surface area contributed by atoms with Gasteiger partial charge in [-0.05, 0) is 25.0 Å². The molecular weight excluding hydrogens is 365 g/mol. The Morgan fingerprint density at radius 1 is 1.32 bits per heavy atom. The van der Waals surface area contributed by atoms with Crippen molar-refractivity contribution in [2.24, 2.45) is 0 Å². The summed E-state index contributed by atoms with van der Waals surface area (Å²) < 4.78 is 69.7. The largest absolute Gasteiger partial charge is 0.480 e. The fraction of sp³-hybridized carbons (Fsp3) is 0.429. The lowest BCUT2D eigenvalue weighted by Gasteiger charge is -2.28. The Morgan fingerprint density at radius 3 is 2.64 bits per heavy atom. The fourth-order valence-electron chi connectivity index (χ4n) is 3.00. The Bertz CT molecular complexity index is 909. The van der Waals surface area contributed by atoms with Crippen molar-refractivity contribution >= 4 is 27.0 Å². The molecule has 1 aromatic heterocycles. The molecule has 1 aliphatic rings. The molecule has 2 heterocycles. The number of halogens is 3. The standard InChI is InChI=1S/C14H13F3N2O5S/c15-14(16,17)12-6-5-10(13(20)21)19(12)25(22,23)7-9-8-3-1-2-4-11(8)24-18-9/h1-4,10,12H,5-7H2,(H,20,21). The van der Waals surface area contributed by atoms with Crippen molar-refractivity contribution in [2.75, 3.05) is 0 Å². The lowest BCUT2D eigenvalue weighted by molar-refractivity contribution is -0.169. The Kier molecular flexibility index (Phi) is 4.23. The number of fused-ring (bicyclic) bond motifs is 1. The monoisotopic (exact) mass is 378 g/mol. The lowest BCUT2D eigenvalue weighted by atomic mass is 10.2. The average Bonchev–Trinajstić information content (AvgIpc) is 3.12. The number of para-hydroxylation sites is 1. The fourth-order valence-corrected chi connectivity index (χ4v) is 4.90. The van der Waals surface area contributed by atoms with Crippen LogP contribution in [0.3, 0.4) is 0 Å². The normalized spacial score (nSPS) is 22.5. The first-order chi connectivity index (χ1) is 11.6. The Hall–Kier alpha value is -2.14. The molecule has 11 heteroatoms. The van der Waals surface area contributed by atoms with Gasteiger partial charge < -0.3 is 9.63 Å². The zero-order valence-corrected chi connectivity index (χ0v) is 13.4. The molecule has 2 unspecified atom stereocenters. The topological polar surface area (TPSA) is 101 Å². The summed E-state index contributed by atoms with van der Waals surface area (Å²) in [6.45, 7) is 0. The molecule has 25 heavy (non-hydrogen) atoms. The average molecular weight is 378 g/mol. The van der Waals surface area contributed by atoms with Crippen LogP contribution in [0, 0.1) is 0 Å². The van der Waals surface area contributed by atoms with Gasteiger partial charge in [-0.2, -0.15) is 17.5 Å². The van der Waals surface area contributed by atoms with Gasteiger partial charge in [0, 0.05) is 5.39 Å². The minimum atomic E-state index is -4.86. The van der Waals surface area contributed by atoms with Gasteiger partial charge in [-0.15, -0.1) is 0 Å². The summed E-state index contributed by atoms with van der Waals surface area (Å²) in [5.41, 5.74) is 0.226.